The van der Waals surface area contributed by atoms with Gasteiger partial charge in [-0.3, -0.25) is 4.79 Å². The van der Waals surface area contributed by atoms with Gasteiger partial charge in [-0.1, -0.05) is 47.6 Å². The van der Waals surface area contributed by atoms with Crippen LogP contribution in [0.2, 0.25) is 0 Å². The molecule has 110 valence electrons. The fourth-order valence-electron chi connectivity index (χ4n) is 2.49. The number of Topliss-reactive ketones (excluding diaryl/α,β-unsaturated/α-hetero) is 1. The Kier molecular flexibility index (Phi) is 3.70. The molecule has 0 aliphatic carbocycles. The number of hydrogen-bond donors (Lipinski definition) is 1. The van der Waals surface area contributed by atoms with Crippen LogP contribution in [0.4, 0.5) is 0 Å². The zero-order chi connectivity index (χ0) is 15.5. The first-order valence-corrected chi connectivity index (χ1v) is 7.03. The lowest BCUT2D eigenvalue weighted by molar-refractivity contribution is 0.106. The van der Waals surface area contributed by atoms with Crippen LogP contribution in [0.1, 0.15) is 23.1 Å². The summed E-state index contributed by atoms with van der Waals surface area (Å²) < 4.78 is 1.87. The van der Waals surface area contributed by atoms with Gasteiger partial charge in [-0.25, -0.2) is 4.98 Å². The van der Waals surface area contributed by atoms with E-state index in [1.807, 2.05) is 41.8 Å². The highest BCUT2D eigenvalue weighted by atomic mass is 16.4. The number of carbonyl (C=O) groups excluding carboxylic acids is 1. The van der Waals surface area contributed by atoms with E-state index in [4.69, 9.17) is 0 Å². The minimum atomic E-state index is -0.354. The lowest BCUT2D eigenvalue weighted by Gasteiger charge is -2.07. The highest BCUT2D eigenvalue weighted by Gasteiger charge is 2.23. The molecule has 1 heterocycles. The van der Waals surface area contributed by atoms with Crippen LogP contribution in [0.25, 0.3) is 11.0 Å². The van der Waals surface area contributed by atoms with E-state index >= 15 is 0 Å². The maximum absolute atomic E-state index is 12.6. The third kappa shape index (κ3) is 2.26. The maximum Gasteiger partial charge on any atom is 0.218 e. The van der Waals surface area contributed by atoms with Gasteiger partial charge in [-0.15, -0.1) is 0 Å². The van der Waals surface area contributed by atoms with E-state index in [0.717, 1.165) is 11.0 Å². The highest BCUT2D eigenvalue weighted by Crippen LogP contribution is 2.18. The third-order valence-electron chi connectivity index (χ3n) is 3.53. The molecule has 5 nitrogen and oxygen atoms in total. The number of hydrogen-bond acceptors (Lipinski definition) is 4. The first-order valence-electron chi connectivity index (χ1n) is 7.03. The molecule has 0 atom stereocenters. The molecule has 0 fully saturated rings. The molecule has 22 heavy (non-hydrogen) atoms. The van der Waals surface area contributed by atoms with Crippen LogP contribution in [0, 0.1) is 0 Å². The van der Waals surface area contributed by atoms with E-state index in [9.17, 15) is 10.0 Å². The van der Waals surface area contributed by atoms with Crippen LogP contribution in [0.15, 0.2) is 59.8 Å². The Hall–Kier alpha value is -2.95. The number of oxime groups is 1. The molecule has 0 aliphatic rings. The van der Waals surface area contributed by atoms with Crippen molar-refractivity contribution in [2.45, 2.75) is 13.5 Å². The standard InChI is InChI=1S/C17H15N3O2/c1-2-20-14-11-7-6-10-13(14)18-17(20)15(19-22)16(21)12-8-4-3-5-9-12/h3-11,22H,2H2,1H3/b19-15+. The number of imidazole rings is 1. The highest BCUT2D eigenvalue weighted by molar-refractivity contribution is 6.50. The average molecular weight is 293 g/mol. The van der Waals surface area contributed by atoms with Crippen LogP contribution >= 0.6 is 0 Å². The van der Waals surface area contributed by atoms with E-state index in [2.05, 4.69) is 10.1 Å². The molecule has 5 heteroatoms. The monoisotopic (exact) mass is 293 g/mol. The fraction of sp³-hybridized carbons (Fsp3) is 0.118. The van der Waals surface area contributed by atoms with Crippen molar-refractivity contribution >= 4 is 22.5 Å². The molecule has 0 spiro atoms. The van der Waals surface area contributed by atoms with Crippen molar-refractivity contribution in [1.82, 2.24) is 9.55 Å². The van der Waals surface area contributed by atoms with Crippen molar-refractivity contribution in [3.63, 3.8) is 0 Å². The van der Waals surface area contributed by atoms with Gasteiger partial charge in [0.05, 0.1) is 11.0 Å². The van der Waals surface area contributed by atoms with Crippen LogP contribution in [0.5, 0.6) is 0 Å². The largest absolute Gasteiger partial charge is 0.410 e. The Balaban J connectivity index is 2.14. The average Bonchev–Trinajstić information content (AvgIpc) is 2.94. The number of aromatic nitrogens is 2. The minimum absolute atomic E-state index is 0.0516. The van der Waals surface area contributed by atoms with Crippen LogP contribution in [-0.4, -0.2) is 26.3 Å². The van der Waals surface area contributed by atoms with Gasteiger partial charge in [0.2, 0.25) is 5.78 Å². The summed E-state index contributed by atoms with van der Waals surface area (Å²) >= 11 is 0. The molecule has 0 radical (unpaired) electrons. The van der Waals surface area contributed by atoms with Crippen molar-refractivity contribution in [2.24, 2.45) is 5.16 Å². The predicted molar refractivity (Wildman–Crippen MR) is 84.5 cm³/mol. The molecular formula is C17H15N3O2. The van der Waals surface area contributed by atoms with Gasteiger partial charge in [0, 0.05) is 12.1 Å². The van der Waals surface area contributed by atoms with Gasteiger partial charge in [-0.05, 0) is 19.1 Å². The molecule has 0 saturated heterocycles. The predicted octanol–water partition coefficient (Wildman–Crippen LogP) is 3.12. The Bertz CT molecular complexity index is 851. The zero-order valence-corrected chi connectivity index (χ0v) is 12.1. The summed E-state index contributed by atoms with van der Waals surface area (Å²) in [5.74, 6) is 0.0214. The molecular weight excluding hydrogens is 278 g/mol. The Morgan fingerprint density at radius 1 is 1.14 bits per heavy atom. The van der Waals surface area contributed by atoms with Crippen LogP contribution < -0.4 is 0 Å². The Labute approximate surface area is 127 Å². The Morgan fingerprint density at radius 3 is 2.50 bits per heavy atom. The Morgan fingerprint density at radius 2 is 1.82 bits per heavy atom. The lowest BCUT2D eigenvalue weighted by atomic mass is 10.1. The van der Waals surface area contributed by atoms with Crippen LogP contribution in [0.3, 0.4) is 0 Å². The lowest BCUT2D eigenvalue weighted by Crippen LogP contribution is -2.20. The molecule has 0 bridgehead atoms. The van der Waals surface area contributed by atoms with E-state index < -0.39 is 0 Å². The number of para-hydroxylation sites is 2. The van der Waals surface area contributed by atoms with Gasteiger partial charge in [-0.2, -0.15) is 0 Å². The zero-order valence-electron chi connectivity index (χ0n) is 12.1. The molecule has 1 aromatic heterocycles. The summed E-state index contributed by atoms with van der Waals surface area (Å²) in [5.41, 5.74) is 2.08. The number of ketones is 1. The van der Waals surface area contributed by atoms with E-state index in [1.54, 1.807) is 24.3 Å². The first-order chi connectivity index (χ1) is 10.8. The van der Waals surface area contributed by atoms with Gasteiger partial charge < -0.3 is 9.77 Å². The van der Waals surface area contributed by atoms with Gasteiger partial charge >= 0.3 is 0 Å². The SMILES string of the molecule is CCn1c(/C(=N/O)C(=O)c2ccccc2)nc2ccccc21. The first kappa shape index (κ1) is 14.0. The fourth-order valence-corrected chi connectivity index (χ4v) is 2.49. The molecule has 0 saturated carbocycles. The van der Waals surface area contributed by atoms with Crippen molar-refractivity contribution in [3.05, 3.63) is 66.0 Å². The second-order valence-electron chi connectivity index (χ2n) is 4.81. The molecule has 2 aromatic carbocycles. The number of nitrogens with zero attached hydrogens (tertiary/aromatic N) is 3. The molecule has 0 unspecified atom stereocenters. The summed E-state index contributed by atoms with van der Waals surface area (Å²) in [7, 11) is 0. The van der Waals surface area contributed by atoms with Gasteiger partial charge in [0.25, 0.3) is 0 Å². The second-order valence-corrected chi connectivity index (χ2v) is 4.81. The van der Waals surface area contributed by atoms with E-state index in [-0.39, 0.29) is 11.5 Å². The number of aryl methyl sites for hydroxylation is 1. The summed E-state index contributed by atoms with van der Waals surface area (Å²) in [6.45, 7) is 2.58. The summed E-state index contributed by atoms with van der Waals surface area (Å²) in [6, 6.07) is 16.3. The topological polar surface area (TPSA) is 67.5 Å². The van der Waals surface area contributed by atoms with E-state index in [1.165, 1.54) is 0 Å². The van der Waals surface area contributed by atoms with Gasteiger partial charge in [0.15, 0.2) is 11.5 Å². The number of rotatable bonds is 4. The van der Waals surface area contributed by atoms with Crippen molar-refractivity contribution in [3.8, 4) is 0 Å². The second kappa shape index (κ2) is 5.81. The molecule has 0 aliphatic heterocycles. The summed E-state index contributed by atoms with van der Waals surface area (Å²) in [6.07, 6.45) is 0. The van der Waals surface area contributed by atoms with Crippen molar-refractivity contribution in [2.75, 3.05) is 0 Å². The number of benzene rings is 2. The molecule has 3 aromatic rings. The van der Waals surface area contributed by atoms with Crippen LogP contribution in [-0.2, 0) is 6.54 Å². The minimum Gasteiger partial charge on any atom is -0.410 e. The van der Waals surface area contributed by atoms with E-state index in [0.29, 0.717) is 17.9 Å². The van der Waals surface area contributed by atoms with Crippen molar-refractivity contribution < 1.29 is 10.0 Å². The molecule has 3 rings (SSSR count). The number of fused-ring (bicyclic) bond motifs is 1. The number of carbonyl (C=O) groups is 1. The normalized spacial score (nSPS) is 11.8. The molecule has 1 N–H and O–H groups in total. The summed E-state index contributed by atoms with van der Waals surface area (Å²) in [5, 5.41) is 12.6. The summed E-state index contributed by atoms with van der Waals surface area (Å²) in [4.78, 5) is 17.0. The quantitative estimate of drug-likeness (QED) is 0.348. The van der Waals surface area contributed by atoms with Crippen molar-refractivity contribution in [1.29, 1.82) is 0 Å². The smallest absolute Gasteiger partial charge is 0.218 e. The third-order valence-corrected chi connectivity index (χ3v) is 3.53. The maximum atomic E-state index is 12.6. The van der Waals surface area contributed by atoms with Gasteiger partial charge in [0.1, 0.15) is 0 Å². The molecule has 0 amide bonds.